The molecule has 2 aliphatic heterocycles. The summed E-state index contributed by atoms with van der Waals surface area (Å²) >= 11 is 3.63. The van der Waals surface area contributed by atoms with Gasteiger partial charge in [-0.3, -0.25) is 9.59 Å². The van der Waals surface area contributed by atoms with Crippen molar-refractivity contribution in [2.45, 2.75) is 42.8 Å². The molecule has 0 radical (unpaired) electrons. The largest absolute Gasteiger partial charge is 0.469 e. The van der Waals surface area contributed by atoms with E-state index in [4.69, 9.17) is 14.2 Å². The van der Waals surface area contributed by atoms with E-state index in [1.54, 1.807) is 0 Å². The van der Waals surface area contributed by atoms with E-state index in [0.29, 0.717) is 19.3 Å². The van der Waals surface area contributed by atoms with Crippen LogP contribution in [-0.2, 0) is 28.6 Å². The van der Waals surface area contributed by atoms with Gasteiger partial charge in [0.15, 0.2) is 0 Å². The fraction of sp³-hybridized carbons (Fsp3) is 0.750. The van der Waals surface area contributed by atoms with Gasteiger partial charge in [0.1, 0.15) is 5.78 Å². The van der Waals surface area contributed by atoms with Gasteiger partial charge in [-0.15, -0.1) is 23.5 Å². The SMILES string of the molecule is COC(=O)/C=C/CC1([C@H]2OC[C@@]3(C(=O)OC)CCC(=O)[C@H](C)[C@H]23)SCCCS1. The quantitative estimate of drug-likeness (QED) is 0.489. The minimum absolute atomic E-state index is 0.186. The Morgan fingerprint density at radius 3 is 2.61 bits per heavy atom. The van der Waals surface area contributed by atoms with Gasteiger partial charge in [0.05, 0.1) is 36.4 Å². The summed E-state index contributed by atoms with van der Waals surface area (Å²) in [6.45, 7) is 2.21. The van der Waals surface area contributed by atoms with Crippen molar-refractivity contribution < 1.29 is 28.6 Å². The summed E-state index contributed by atoms with van der Waals surface area (Å²) in [7, 11) is 2.76. The summed E-state index contributed by atoms with van der Waals surface area (Å²) < 4.78 is 15.8. The highest BCUT2D eigenvalue weighted by Gasteiger charge is 2.65. The molecule has 0 bridgehead atoms. The Kier molecular flexibility index (Phi) is 6.82. The maximum atomic E-state index is 12.8. The predicted octanol–water partition coefficient (Wildman–Crippen LogP) is 2.85. The topological polar surface area (TPSA) is 78.9 Å². The molecule has 3 fully saturated rings. The van der Waals surface area contributed by atoms with Crippen LogP contribution in [0.3, 0.4) is 0 Å². The van der Waals surface area contributed by atoms with E-state index >= 15 is 0 Å². The fourth-order valence-electron chi connectivity index (χ4n) is 4.76. The van der Waals surface area contributed by atoms with E-state index in [0.717, 1.165) is 17.9 Å². The van der Waals surface area contributed by atoms with E-state index in [1.807, 2.05) is 36.5 Å². The van der Waals surface area contributed by atoms with E-state index < -0.39 is 11.4 Å². The van der Waals surface area contributed by atoms with Gasteiger partial charge in [-0.2, -0.15) is 0 Å². The Hall–Kier alpha value is -0.990. The Morgan fingerprint density at radius 2 is 1.96 bits per heavy atom. The van der Waals surface area contributed by atoms with Crippen LogP contribution in [0.5, 0.6) is 0 Å². The number of ketones is 1. The molecular formula is C20H28O6S2. The Labute approximate surface area is 174 Å². The minimum atomic E-state index is -0.760. The molecular weight excluding hydrogens is 400 g/mol. The highest BCUT2D eigenvalue weighted by molar-refractivity contribution is 8.18. The van der Waals surface area contributed by atoms with Gasteiger partial charge in [-0.05, 0) is 30.8 Å². The first-order valence-electron chi connectivity index (χ1n) is 9.65. The number of thioether (sulfide) groups is 2. The predicted molar refractivity (Wildman–Crippen MR) is 109 cm³/mol. The molecule has 156 valence electrons. The molecule has 28 heavy (non-hydrogen) atoms. The van der Waals surface area contributed by atoms with E-state index in [1.165, 1.54) is 20.3 Å². The van der Waals surface area contributed by atoms with Crippen molar-refractivity contribution in [3.63, 3.8) is 0 Å². The van der Waals surface area contributed by atoms with E-state index in [-0.39, 0.29) is 40.4 Å². The van der Waals surface area contributed by atoms with Crippen LogP contribution < -0.4 is 0 Å². The van der Waals surface area contributed by atoms with Crippen molar-refractivity contribution >= 4 is 41.2 Å². The Bertz CT molecular complexity index is 657. The van der Waals surface area contributed by atoms with Crippen LogP contribution in [0, 0.1) is 17.3 Å². The fourth-order valence-corrected chi connectivity index (χ4v) is 8.23. The highest BCUT2D eigenvalue weighted by atomic mass is 32.2. The molecule has 8 heteroatoms. The molecule has 0 unspecified atom stereocenters. The number of rotatable bonds is 5. The number of methoxy groups -OCH3 is 2. The summed E-state index contributed by atoms with van der Waals surface area (Å²) in [6.07, 6.45) is 5.58. The van der Waals surface area contributed by atoms with Crippen molar-refractivity contribution in [3.8, 4) is 0 Å². The number of carbonyl (C=O) groups is 3. The molecule has 0 aromatic heterocycles. The van der Waals surface area contributed by atoms with Crippen LogP contribution in [0.15, 0.2) is 12.2 Å². The first-order chi connectivity index (χ1) is 13.4. The first kappa shape index (κ1) is 21.7. The van der Waals surface area contributed by atoms with E-state index in [2.05, 4.69) is 0 Å². The number of fused-ring (bicyclic) bond motifs is 1. The second kappa shape index (κ2) is 8.79. The van der Waals surface area contributed by atoms with Gasteiger partial charge in [-0.1, -0.05) is 13.0 Å². The van der Waals surface area contributed by atoms with Gasteiger partial charge in [0, 0.05) is 24.3 Å². The van der Waals surface area contributed by atoms with Gasteiger partial charge >= 0.3 is 11.9 Å². The molecule has 1 saturated carbocycles. The maximum absolute atomic E-state index is 12.8. The molecule has 0 amide bonds. The molecule has 0 N–H and O–H groups in total. The third kappa shape index (κ3) is 3.75. The zero-order chi connectivity index (χ0) is 20.4. The number of hydrogen-bond acceptors (Lipinski definition) is 8. The molecule has 2 heterocycles. The lowest BCUT2D eigenvalue weighted by Gasteiger charge is -2.46. The Balaban J connectivity index is 1.95. The normalized spacial score (nSPS) is 34.8. The molecule has 3 aliphatic rings. The lowest BCUT2D eigenvalue weighted by Crippen LogP contribution is -2.53. The van der Waals surface area contributed by atoms with Crippen LogP contribution >= 0.6 is 23.5 Å². The molecule has 6 nitrogen and oxygen atoms in total. The van der Waals surface area contributed by atoms with Gasteiger partial charge < -0.3 is 14.2 Å². The van der Waals surface area contributed by atoms with Crippen molar-refractivity contribution in [2.24, 2.45) is 17.3 Å². The Morgan fingerprint density at radius 1 is 1.25 bits per heavy atom. The molecule has 4 atom stereocenters. The molecule has 0 spiro atoms. The zero-order valence-corrected chi connectivity index (χ0v) is 18.2. The summed E-state index contributed by atoms with van der Waals surface area (Å²) in [4.78, 5) is 36.9. The molecule has 0 aromatic carbocycles. The number of allylic oxidation sites excluding steroid dienone is 1. The minimum Gasteiger partial charge on any atom is -0.469 e. The van der Waals surface area contributed by atoms with Gasteiger partial charge in [0.25, 0.3) is 0 Å². The summed E-state index contributed by atoms with van der Waals surface area (Å²) in [6, 6.07) is 0. The lowest BCUT2D eigenvalue weighted by molar-refractivity contribution is -0.160. The van der Waals surface area contributed by atoms with Crippen molar-refractivity contribution in [2.75, 3.05) is 32.3 Å². The van der Waals surface area contributed by atoms with Crippen molar-refractivity contribution in [3.05, 3.63) is 12.2 Å². The smallest absolute Gasteiger partial charge is 0.330 e. The number of esters is 2. The monoisotopic (exact) mass is 428 g/mol. The zero-order valence-electron chi connectivity index (χ0n) is 16.6. The van der Waals surface area contributed by atoms with Crippen LogP contribution in [0.4, 0.5) is 0 Å². The van der Waals surface area contributed by atoms with E-state index in [9.17, 15) is 14.4 Å². The average molecular weight is 429 g/mol. The molecule has 2 saturated heterocycles. The first-order valence-corrected chi connectivity index (χ1v) is 11.6. The average Bonchev–Trinajstić information content (AvgIpc) is 3.13. The van der Waals surface area contributed by atoms with Crippen LogP contribution in [-0.4, -0.2) is 60.2 Å². The summed E-state index contributed by atoms with van der Waals surface area (Å²) in [5.41, 5.74) is -0.760. The maximum Gasteiger partial charge on any atom is 0.330 e. The van der Waals surface area contributed by atoms with Crippen LogP contribution in [0.25, 0.3) is 0 Å². The molecule has 1 aliphatic carbocycles. The number of Topliss-reactive ketones (excluding diaryl/α,β-unsaturated/α-hetero) is 1. The summed E-state index contributed by atoms with van der Waals surface area (Å²) in [5.74, 6) is 1.02. The number of hydrogen-bond donors (Lipinski definition) is 0. The number of carbonyl (C=O) groups excluding carboxylic acids is 3. The van der Waals surface area contributed by atoms with Crippen molar-refractivity contribution in [1.82, 2.24) is 0 Å². The highest BCUT2D eigenvalue weighted by Crippen LogP contribution is 2.60. The third-order valence-corrected chi connectivity index (χ3v) is 9.68. The van der Waals surface area contributed by atoms with Gasteiger partial charge in [-0.25, -0.2) is 4.79 Å². The molecule has 0 aromatic rings. The standard InChI is InChI=1S/C20H28O6S2/c1-13-14(21)7-9-19(18(23)25-3)12-26-17(16(13)19)20(27-10-5-11-28-20)8-4-6-15(22)24-2/h4,6,13,16-17H,5,7-12H2,1-3H3/b6-4+/t13-,16+,17-,19-/m0/s1. The number of ether oxygens (including phenoxy) is 3. The summed E-state index contributed by atoms with van der Waals surface area (Å²) in [5, 5.41) is 0. The van der Waals surface area contributed by atoms with Crippen molar-refractivity contribution in [1.29, 1.82) is 0 Å². The third-order valence-electron chi connectivity index (χ3n) is 6.21. The molecule has 3 rings (SSSR count). The van der Waals surface area contributed by atoms with Gasteiger partial charge in [0.2, 0.25) is 0 Å². The lowest BCUT2D eigenvalue weighted by atomic mass is 9.61. The second-order valence-electron chi connectivity index (χ2n) is 7.65. The van der Waals surface area contributed by atoms with Crippen LogP contribution in [0.2, 0.25) is 0 Å². The second-order valence-corrected chi connectivity index (χ2v) is 10.8. The van der Waals surface area contributed by atoms with Crippen LogP contribution in [0.1, 0.15) is 32.6 Å².